The zero-order chi connectivity index (χ0) is 15.6. The van der Waals surface area contributed by atoms with Crippen LogP contribution in [0.25, 0.3) is 0 Å². The second-order valence-corrected chi connectivity index (χ2v) is 6.60. The van der Waals surface area contributed by atoms with Gasteiger partial charge in [0.2, 0.25) is 11.8 Å². The van der Waals surface area contributed by atoms with E-state index in [0.29, 0.717) is 18.7 Å². The van der Waals surface area contributed by atoms with Crippen LogP contribution < -0.4 is 10.2 Å². The van der Waals surface area contributed by atoms with Crippen molar-refractivity contribution in [3.05, 3.63) is 23.8 Å². The van der Waals surface area contributed by atoms with Gasteiger partial charge in [0.1, 0.15) is 0 Å². The molecule has 1 N–H and O–H groups in total. The molecule has 1 aliphatic heterocycles. The van der Waals surface area contributed by atoms with Crippen LogP contribution in [0.3, 0.4) is 0 Å². The van der Waals surface area contributed by atoms with Crippen molar-refractivity contribution in [3.8, 4) is 0 Å². The maximum Gasteiger partial charge on any atom is 0.228 e. The van der Waals surface area contributed by atoms with Crippen LogP contribution in [0.15, 0.2) is 18.2 Å². The molecule has 1 unspecified atom stereocenters. The molecule has 2 rings (SSSR count). The summed E-state index contributed by atoms with van der Waals surface area (Å²) in [7, 11) is 0. The number of aryl methyl sites for hydroxylation is 1. The maximum atomic E-state index is 12.1. The highest BCUT2D eigenvalue weighted by molar-refractivity contribution is 8.14. The number of nitrogens with zero attached hydrogens (tertiary/aromatic N) is 1. The topological polar surface area (TPSA) is 66.5 Å². The molecular weight excluding hydrogens is 288 g/mol. The fourth-order valence-corrected chi connectivity index (χ4v) is 3.26. The summed E-state index contributed by atoms with van der Waals surface area (Å²) in [6.07, 6.45) is 0.369. The van der Waals surface area contributed by atoms with Crippen molar-refractivity contribution in [2.24, 2.45) is 0 Å². The number of carbonyl (C=O) groups is 3. The number of hydrogen-bond acceptors (Lipinski definition) is 4. The van der Waals surface area contributed by atoms with E-state index in [2.05, 4.69) is 5.32 Å². The molecule has 1 aromatic rings. The highest BCUT2D eigenvalue weighted by Crippen LogP contribution is 2.31. The summed E-state index contributed by atoms with van der Waals surface area (Å²) in [4.78, 5) is 36.1. The lowest BCUT2D eigenvalue weighted by Gasteiger charge is -2.18. The van der Waals surface area contributed by atoms with E-state index in [-0.39, 0.29) is 22.2 Å². The first-order chi connectivity index (χ1) is 9.86. The van der Waals surface area contributed by atoms with Crippen LogP contribution in [-0.4, -0.2) is 28.7 Å². The Morgan fingerprint density at radius 2 is 2.05 bits per heavy atom. The minimum atomic E-state index is -0.145. The van der Waals surface area contributed by atoms with Crippen LogP contribution in [0.4, 0.5) is 11.4 Å². The molecule has 5 nitrogen and oxygen atoms in total. The zero-order valence-corrected chi connectivity index (χ0v) is 13.1. The SMILES string of the molecule is CC(=O)Nc1cc(N2CC(SC(C)=O)CC2=O)ccc1C. The molecule has 112 valence electrons. The summed E-state index contributed by atoms with van der Waals surface area (Å²) in [5.41, 5.74) is 2.40. The maximum absolute atomic E-state index is 12.1. The van der Waals surface area contributed by atoms with E-state index in [1.807, 2.05) is 19.1 Å². The normalized spacial score (nSPS) is 18.0. The van der Waals surface area contributed by atoms with E-state index in [4.69, 9.17) is 0 Å². The van der Waals surface area contributed by atoms with E-state index in [9.17, 15) is 14.4 Å². The van der Waals surface area contributed by atoms with Gasteiger partial charge in [0.15, 0.2) is 5.12 Å². The molecule has 1 heterocycles. The third-order valence-corrected chi connectivity index (χ3v) is 4.25. The van der Waals surface area contributed by atoms with Crippen LogP contribution in [0.5, 0.6) is 0 Å². The number of anilines is 2. The van der Waals surface area contributed by atoms with Gasteiger partial charge in [0, 0.05) is 43.4 Å². The molecule has 1 fully saturated rings. The fourth-order valence-electron chi connectivity index (χ4n) is 2.34. The number of thioether (sulfide) groups is 1. The first kappa shape index (κ1) is 15.6. The van der Waals surface area contributed by atoms with Gasteiger partial charge in [-0.2, -0.15) is 0 Å². The zero-order valence-electron chi connectivity index (χ0n) is 12.3. The third kappa shape index (κ3) is 3.85. The van der Waals surface area contributed by atoms with E-state index in [0.717, 1.165) is 11.3 Å². The molecule has 1 aromatic carbocycles. The minimum Gasteiger partial charge on any atom is -0.326 e. The van der Waals surface area contributed by atoms with Crippen molar-refractivity contribution in [2.75, 3.05) is 16.8 Å². The summed E-state index contributed by atoms with van der Waals surface area (Å²) >= 11 is 1.21. The summed E-state index contributed by atoms with van der Waals surface area (Å²) < 4.78 is 0. The lowest BCUT2D eigenvalue weighted by atomic mass is 10.1. The molecule has 0 saturated carbocycles. The standard InChI is InChI=1S/C15H18N2O3S/c1-9-4-5-12(6-14(9)16-10(2)18)17-8-13(7-15(17)20)21-11(3)19/h4-6,13H,7-8H2,1-3H3,(H,16,18). The highest BCUT2D eigenvalue weighted by Gasteiger charge is 2.32. The van der Waals surface area contributed by atoms with E-state index >= 15 is 0 Å². The lowest BCUT2D eigenvalue weighted by Crippen LogP contribution is -2.25. The molecule has 1 atom stereocenters. The number of carbonyl (C=O) groups excluding carboxylic acids is 3. The second kappa shape index (κ2) is 6.30. The molecular formula is C15H18N2O3S. The average Bonchev–Trinajstić information content (AvgIpc) is 2.71. The molecule has 0 spiro atoms. The van der Waals surface area contributed by atoms with Gasteiger partial charge in [-0.3, -0.25) is 14.4 Å². The first-order valence-corrected chi connectivity index (χ1v) is 7.60. The number of hydrogen-bond donors (Lipinski definition) is 1. The molecule has 1 saturated heterocycles. The number of amides is 2. The van der Waals surface area contributed by atoms with Crippen LogP contribution in [-0.2, 0) is 14.4 Å². The largest absolute Gasteiger partial charge is 0.326 e. The van der Waals surface area contributed by atoms with Crippen molar-refractivity contribution in [1.82, 2.24) is 0 Å². The molecule has 2 amide bonds. The highest BCUT2D eigenvalue weighted by atomic mass is 32.2. The summed E-state index contributed by atoms with van der Waals surface area (Å²) in [6.45, 7) is 5.38. The predicted molar refractivity (Wildman–Crippen MR) is 84.5 cm³/mol. The number of rotatable bonds is 3. The van der Waals surface area contributed by atoms with Gasteiger partial charge in [-0.25, -0.2) is 0 Å². The van der Waals surface area contributed by atoms with Crippen molar-refractivity contribution in [2.45, 2.75) is 32.4 Å². The monoisotopic (exact) mass is 306 g/mol. The Morgan fingerprint density at radius 3 is 2.67 bits per heavy atom. The molecule has 0 radical (unpaired) electrons. The van der Waals surface area contributed by atoms with Crippen molar-refractivity contribution in [1.29, 1.82) is 0 Å². The summed E-state index contributed by atoms with van der Waals surface area (Å²) in [5.74, 6) is -0.139. The Labute approximate surface area is 128 Å². The first-order valence-electron chi connectivity index (χ1n) is 6.72. The Kier molecular flexibility index (Phi) is 4.67. The van der Waals surface area contributed by atoms with Crippen molar-refractivity contribution in [3.63, 3.8) is 0 Å². The second-order valence-electron chi connectivity index (χ2n) is 5.12. The lowest BCUT2D eigenvalue weighted by molar-refractivity contribution is -0.117. The van der Waals surface area contributed by atoms with Gasteiger partial charge in [-0.05, 0) is 24.6 Å². The van der Waals surface area contributed by atoms with Crippen LogP contribution in [0.1, 0.15) is 25.8 Å². The molecule has 0 aliphatic carbocycles. The Bertz CT molecular complexity index is 601. The Balaban J connectivity index is 2.20. The summed E-state index contributed by atoms with van der Waals surface area (Å²) in [6, 6.07) is 5.54. The number of nitrogens with one attached hydrogen (secondary N) is 1. The molecule has 0 aromatic heterocycles. The number of benzene rings is 1. The molecule has 21 heavy (non-hydrogen) atoms. The third-order valence-electron chi connectivity index (χ3n) is 3.27. The van der Waals surface area contributed by atoms with E-state index < -0.39 is 0 Å². The van der Waals surface area contributed by atoms with Crippen LogP contribution in [0.2, 0.25) is 0 Å². The van der Waals surface area contributed by atoms with Gasteiger partial charge >= 0.3 is 0 Å². The van der Waals surface area contributed by atoms with Gasteiger partial charge < -0.3 is 10.2 Å². The van der Waals surface area contributed by atoms with Gasteiger partial charge in [-0.1, -0.05) is 17.8 Å². The van der Waals surface area contributed by atoms with E-state index in [1.165, 1.54) is 25.6 Å². The van der Waals surface area contributed by atoms with Gasteiger partial charge in [0.05, 0.1) is 0 Å². The van der Waals surface area contributed by atoms with E-state index in [1.54, 1.807) is 11.0 Å². The van der Waals surface area contributed by atoms with Gasteiger partial charge in [-0.15, -0.1) is 0 Å². The molecule has 1 aliphatic rings. The smallest absolute Gasteiger partial charge is 0.228 e. The summed E-state index contributed by atoms with van der Waals surface area (Å²) in [5, 5.41) is 2.78. The van der Waals surface area contributed by atoms with Crippen molar-refractivity contribution >= 4 is 40.1 Å². The predicted octanol–water partition coefficient (Wildman–Crippen LogP) is 2.34. The fraction of sp³-hybridized carbons (Fsp3) is 0.400. The van der Waals surface area contributed by atoms with Gasteiger partial charge in [0.25, 0.3) is 0 Å². The minimum absolute atomic E-state index is 0.000481. The van der Waals surface area contributed by atoms with Crippen LogP contribution >= 0.6 is 11.8 Å². The quantitative estimate of drug-likeness (QED) is 0.931. The average molecular weight is 306 g/mol. The van der Waals surface area contributed by atoms with Crippen LogP contribution in [0, 0.1) is 6.92 Å². The van der Waals surface area contributed by atoms with Crippen molar-refractivity contribution < 1.29 is 14.4 Å². The Hall–Kier alpha value is -1.82. The molecule has 6 heteroatoms. The Morgan fingerprint density at radius 1 is 1.33 bits per heavy atom. The molecule has 0 bridgehead atoms.